The average Bonchev–Trinajstić information content (AvgIpc) is 2.34. The third-order valence-corrected chi connectivity index (χ3v) is 3.73. The molecule has 1 rings (SSSR count). The van der Waals surface area contributed by atoms with E-state index >= 15 is 0 Å². The molecule has 0 saturated heterocycles. The fourth-order valence-corrected chi connectivity index (χ4v) is 2.85. The first kappa shape index (κ1) is 15.3. The first-order valence-electron chi connectivity index (χ1n) is 5.87. The van der Waals surface area contributed by atoms with E-state index in [1.54, 1.807) is 11.8 Å². The van der Waals surface area contributed by atoms with Crippen LogP contribution in [0, 0.1) is 0 Å². The second-order valence-electron chi connectivity index (χ2n) is 4.23. The van der Waals surface area contributed by atoms with Crippen molar-refractivity contribution >= 4 is 34.7 Å². The lowest BCUT2D eigenvalue weighted by atomic mass is 10.1. The molecule has 0 aliphatic heterocycles. The molecule has 0 aromatic heterocycles. The molecule has 0 heterocycles. The fraction of sp³-hybridized carbons (Fsp3) is 0.462. The maximum atomic E-state index is 9.19. The first-order valence-corrected chi connectivity index (χ1v) is 7.50. The third kappa shape index (κ3) is 3.37. The average molecular weight is 284 g/mol. The Morgan fingerprint density at radius 2 is 2.17 bits per heavy atom. The smallest absolute Gasteiger partial charge is 0.107 e. The molecule has 100 valence electrons. The Labute approximate surface area is 118 Å². The first-order chi connectivity index (χ1) is 8.52. The van der Waals surface area contributed by atoms with Crippen molar-refractivity contribution in [3.63, 3.8) is 0 Å². The molecule has 0 amide bonds. The van der Waals surface area contributed by atoms with Gasteiger partial charge < -0.3 is 15.7 Å². The topological polar surface area (TPSA) is 49.5 Å². The van der Waals surface area contributed by atoms with Gasteiger partial charge in [-0.25, -0.2) is 0 Å². The maximum absolute atomic E-state index is 9.19. The highest BCUT2D eigenvalue weighted by molar-refractivity contribution is 7.98. The van der Waals surface area contributed by atoms with Crippen molar-refractivity contribution in [1.29, 1.82) is 0 Å². The Kier molecular flexibility index (Phi) is 5.91. The van der Waals surface area contributed by atoms with Gasteiger partial charge in [-0.15, -0.1) is 11.8 Å². The van der Waals surface area contributed by atoms with Gasteiger partial charge in [-0.05, 0) is 32.2 Å². The number of thioether (sulfide) groups is 1. The molecule has 0 atom stereocenters. The van der Waals surface area contributed by atoms with Crippen LogP contribution in [0.1, 0.15) is 19.4 Å². The molecule has 0 radical (unpaired) electrons. The Hall–Kier alpha value is -0.780. The van der Waals surface area contributed by atoms with Gasteiger partial charge in [0.1, 0.15) is 4.99 Å². The van der Waals surface area contributed by atoms with Gasteiger partial charge in [0, 0.05) is 28.7 Å². The summed E-state index contributed by atoms with van der Waals surface area (Å²) in [7, 11) is 0. The summed E-state index contributed by atoms with van der Waals surface area (Å²) in [5, 5.41) is 9.19. The lowest BCUT2D eigenvalue weighted by Crippen LogP contribution is -2.35. The van der Waals surface area contributed by atoms with E-state index in [4.69, 9.17) is 18.0 Å². The van der Waals surface area contributed by atoms with Gasteiger partial charge >= 0.3 is 0 Å². The summed E-state index contributed by atoms with van der Waals surface area (Å²) in [6, 6.07) is 6.29. The van der Waals surface area contributed by atoms with Gasteiger partial charge in [0.2, 0.25) is 0 Å². The van der Waals surface area contributed by atoms with Crippen LogP contribution in [0.4, 0.5) is 5.69 Å². The predicted octanol–water partition coefficient (Wildman–Crippen LogP) is 2.25. The van der Waals surface area contributed by atoms with Crippen LogP contribution in [0.15, 0.2) is 23.1 Å². The second kappa shape index (κ2) is 6.97. The zero-order valence-corrected chi connectivity index (χ0v) is 12.6. The Bertz CT molecular complexity index is 421. The quantitative estimate of drug-likeness (QED) is 0.620. The van der Waals surface area contributed by atoms with Crippen molar-refractivity contribution in [3.8, 4) is 0 Å². The van der Waals surface area contributed by atoms with E-state index in [1.807, 2.05) is 24.5 Å². The van der Waals surface area contributed by atoms with Gasteiger partial charge in [0.15, 0.2) is 0 Å². The van der Waals surface area contributed by atoms with Gasteiger partial charge in [-0.2, -0.15) is 0 Å². The van der Waals surface area contributed by atoms with Crippen LogP contribution >= 0.6 is 24.0 Å². The van der Waals surface area contributed by atoms with Gasteiger partial charge in [0.25, 0.3) is 0 Å². The number of hydrogen-bond donors (Lipinski definition) is 2. The molecule has 0 aliphatic rings. The number of anilines is 1. The molecular formula is C13H20N2OS2. The van der Waals surface area contributed by atoms with E-state index in [-0.39, 0.29) is 12.6 Å². The van der Waals surface area contributed by atoms with Crippen LogP contribution in [0.25, 0.3) is 0 Å². The lowest BCUT2D eigenvalue weighted by Gasteiger charge is -2.30. The number of thiocarbonyl (C=S) groups is 1. The van der Waals surface area contributed by atoms with Gasteiger partial charge in [-0.1, -0.05) is 18.3 Å². The summed E-state index contributed by atoms with van der Waals surface area (Å²) >= 11 is 6.80. The molecule has 3 N–H and O–H groups in total. The minimum Gasteiger partial charge on any atom is -0.395 e. The van der Waals surface area contributed by atoms with Gasteiger partial charge in [0.05, 0.1) is 6.61 Å². The molecule has 0 spiro atoms. The third-order valence-electron chi connectivity index (χ3n) is 2.74. The molecule has 3 nitrogen and oxygen atoms in total. The van der Waals surface area contributed by atoms with Crippen LogP contribution in [0.5, 0.6) is 0 Å². The zero-order chi connectivity index (χ0) is 13.7. The number of benzene rings is 1. The monoisotopic (exact) mass is 284 g/mol. The van der Waals surface area contributed by atoms with Crippen molar-refractivity contribution < 1.29 is 5.11 Å². The lowest BCUT2D eigenvalue weighted by molar-refractivity contribution is 0.299. The Balaban J connectivity index is 3.32. The SMILES string of the molecule is CSc1cccc(N(CCO)C(C)C)c1C(N)=S. The normalized spacial score (nSPS) is 10.7. The van der Waals surface area contributed by atoms with Crippen LogP contribution in [-0.4, -0.2) is 35.5 Å². The highest BCUT2D eigenvalue weighted by Crippen LogP contribution is 2.30. The van der Waals surface area contributed by atoms with Crippen molar-refractivity contribution in [2.75, 3.05) is 24.3 Å². The Morgan fingerprint density at radius 3 is 2.61 bits per heavy atom. The van der Waals surface area contributed by atoms with Crippen LogP contribution < -0.4 is 10.6 Å². The number of nitrogens with two attached hydrogens (primary N) is 1. The molecule has 0 unspecified atom stereocenters. The molecule has 1 aromatic rings. The zero-order valence-electron chi connectivity index (χ0n) is 11.0. The molecule has 0 bridgehead atoms. The summed E-state index contributed by atoms with van der Waals surface area (Å²) in [5.41, 5.74) is 7.76. The largest absolute Gasteiger partial charge is 0.395 e. The van der Waals surface area contributed by atoms with Crippen molar-refractivity contribution in [1.82, 2.24) is 0 Å². The second-order valence-corrected chi connectivity index (χ2v) is 5.52. The van der Waals surface area contributed by atoms with Crippen molar-refractivity contribution in [3.05, 3.63) is 23.8 Å². The van der Waals surface area contributed by atoms with E-state index in [1.165, 1.54) is 0 Å². The van der Waals surface area contributed by atoms with Crippen molar-refractivity contribution in [2.24, 2.45) is 5.73 Å². The van der Waals surface area contributed by atoms with Crippen LogP contribution in [0.2, 0.25) is 0 Å². The molecular weight excluding hydrogens is 264 g/mol. The van der Waals surface area contributed by atoms with E-state index in [9.17, 15) is 5.11 Å². The van der Waals surface area contributed by atoms with E-state index < -0.39 is 0 Å². The molecule has 0 aliphatic carbocycles. The number of nitrogens with zero attached hydrogens (tertiary/aromatic N) is 1. The fourth-order valence-electron chi connectivity index (χ4n) is 1.94. The van der Waals surface area contributed by atoms with Crippen LogP contribution in [0.3, 0.4) is 0 Å². The molecule has 0 saturated carbocycles. The highest BCUT2D eigenvalue weighted by atomic mass is 32.2. The minimum absolute atomic E-state index is 0.110. The molecule has 18 heavy (non-hydrogen) atoms. The summed E-state index contributed by atoms with van der Waals surface area (Å²) < 4.78 is 0. The predicted molar refractivity (Wildman–Crippen MR) is 83.7 cm³/mol. The number of aliphatic hydroxyl groups excluding tert-OH is 1. The van der Waals surface area contributed by atoms with Crippen LogP contribution in [-0.2, 0) is 0 Å². The van der Waals surface area contributed by atoms with E-state index in [2.05, 4.69) is 18.7 Å². The Morgan fingerprint density at radius 1 is 1.50 bits per heavy atom. The molecule has 5 heteroatoms. The minimum atomic E-state index is 0.110. The number of rotatable bonds is 6. The highest BCUT2D eigenvalue weighted by Gasteiger charge is 2.17. The summed E-state index contributed by atoms with van der Waals surface area (Å²) in [4.78, 5) is 3.59. The molecule has 0 fully saturated rings. The molecule has 1 aromatic carbocycles. The summed E-state index contributed by atoms with van der Waals surface area (Å²) in [5.74, 6) is 0. The summed E-state index contributed by atoms with van der Waals surface area (Å²) in [6.07, 6.45) is 2.01. The standard InChI is InChI=1S/C13H20N2OS2/c1-9(2)15(7-8-16)10-5-4-6-11(18-3)12(10)13(14)17/h4-6,9,16H,7-8H2,1-3H3,(H2,14,17). The van der Waals surface area contributed by atoms with E-state index in [0.29, 0.717) is 11.5 Å². The van der Waals surface area contributed by atoms with Gasteiger partial charge in [-0.3, -0.25) is 0 Å². The van der Waals surface area contributed by atoms with E-state index in [0.717, 1.165) is 16.1 Å². The van der Waals surface area contributed by atoms with Crippen molar-refractivity contribution in [2.45, 2.75) is 24.8 Å². The maximum Gasteiger partial charge on any atom is 0.107 e. The number of hydrogen-bond acceptors (Lipinski definition) is 4. The number of aliphatic hydroxyl groups is 1. The summed E-state index contributed by atoms with van der Waals surface area (Å²) in [6.45, 7) is 4.86.